The van der Waals surface area contributed by atoms with Gasteiger partial charge in [-0.15, -0.1) is 0 Å². The Balaban J connectivity index is 2.50. The summed E-state index contributed by atoms with van der Waals surface area (Å²) in [5, 5.41) is 6.23. The number of anilines is 1. The largest absolute Gasteiger partial charge is 0.384 e. The predicted molar refractivity (Wildman–Crippen MR) is 83.0 cm³/mol. The zero-order valence-electron chi connectivity index (χ0n) is 12.7. The van der Waals surface area contributed by atoms with Gasteiger partial charge in [-0.3, -0.25) is 4.79 Å². The molecule has 0 saturated carbocycles. The van der Waals surface area contributed by atoms with Crippen molar-refractivity contribution in [3.8, 4) is 0 Å². The van der Waals surface area contributed by atoms with Crippen molar-refractivity contribution in [2.45, 2.75) is 39.2 Å². The van der Waals surface area contributed by atoms with Gasteiger partial charge in [0.05, 0.1) is 13.2 Å². The van der Waals surface area contributed by atoms with Gasteiger partial charge in [0.25, 0.3) is 0 Å². The third kappa shape index (κ3) is 5.61. The third-order valence-corrected chi connectivity index (χ3v) is 3.38. The highest BCUT2D eigenvalue weighted by atomic mass is 16.5. The van der Waals surface area contributed by atoms with Crippen molar-refractivity contribution < 1.29 is 9.53 Å². The topological polar surface area (TPSA) is 50.4 Å². The van der Waals surface area contributed by atoms with E-state index in [2.05, 4.69) is 30.5 Å². The van der Waals surface area contributed by atoms with E-state index in [-0.39, 0.29) is 11.9 Å². The smallest absolute Gasteiger partial charge is 0.239 e. The number of para-hydroxylation sites is 1. The van der Waals surface area contributed by atoms with E-state index >= 15 is 0 Å². The Kier molecular flexibility index (Phi) is 7.73. The Hall–Kier alpha value is -1.55. The van der Waals surface area contributed by atoms with E-state index < -0.39 is 0 Å². The molecule has 1 aromatic carbocycles. The van der Waals surface area contributed by atoms with Gasteiger partial charge >= 0.3 is 0 Å². The van der Waals surface area contributed by atoms with Crippen LogP contribution in [0.3, 0.4) is 0 Å². The van der Waals surface area contributed by atoms with E-state index in [9.17, 15) is 4.79 Å². The maximum absolute atomic E-state index is 11.9. The van der Waals surface area contributed by atoms with Crippen molar-refractivity contribution in [1.29, 1.82) is 0 Å². The minimum Gasteiger partial charge on any atom is -0.384 e. The van der Waals surface area contributed by atoms with E-state index in [4.69, 9.17) is 4.74 Å². The van der Waals surface area contributed by atoms with Gasteiger partial charge in [0.1, 0.15) is 0 Å². The summed E-state index contributed by atoms with van der Waals surface area (Å²) in [6.45, 7) is 5.16. The normalized spacial score (nSPS) is 10.6. The fourth-order valence-electron chi connectivity index (χ4n) is 2.07. The molecule has 0 unspecified atom stereocenters. The molecule has 0 aliphatic rings. The average molecular weight is 278 g/mol. The minimum absolute atomic E-state index is 0.0419. The summed E-state index contributed by atoms with van der Waals surface area (Å²) in [4.78, 5) is 11.9. The molecular formula is C16H26N2O2. The predicted octanol–water partition coefficient (Wildman–Crippen LogP) is 2.59. The van der Waals surface area contributed by atoms with Crippen LogP contribution >= 0.6 is 0 Å². The highest BCUT2D eigenvalue weighted by molar-refractivity contribution is 5.81. The second-order valence-corrected chi connectivity index (χ2v) is 4.83. The molecule has 0 saturated heterocycles. The number of hydrogen-bond acceptors (Lipinski definition) is 3. The number of benzene rings is 1. The molecule has 0 bridgehead atoms. The van der Waals surface area contributed by atoms with Crippen molar-refractivity contribution in [1.82, 2.24) is 5.32 Å². The summed E-state index contributed by atoms with van der Waals surface area (Å²) in [6, 6.07) is 8.29. The highest BCUT2D eigenvalue weighted by Crippen LogP contribution is 2.15. The van der Waals surface area contributed by atoms with Gasteiger partial charge in [0, 0.05) is 18.8 Å². The molecule has 4 heteroatoms. The van der Waals surface area contributed by atoms with Gasteiger partial charge < -0.3 is 15.4 Å². The molecule has 0 spiro atoms. The maximum Gasteiger partial charge on any atom is 0.239 e. The second-order valence-electron chi connectivity index (χ2n) is 4.83. The van der Waals surface area contributed by atoms with Gasteiger partial charge in [0.2, 0.25) is 5.91 Å². The van der Waals surface area contributed by atoms with Crippen LogP contribution in [-0.4, -0.2) is 32.2 Å². The lowest BCUT2D eigenvalue weighted by atomic mass is 10.1. The summed E-state index contributed by atoms with van der Waals surface area (Å²) < 4.78 is 5.10. The Morgan fingerprint density at radius 3 is 2.60 bits per heavy atom. The summed E-state index contributed by atoms with van der Waals surface area (Å²) in [5.74, 6) is 0.0419. The van der Waals surface area contributed by atoms with Gasteiger partial charge in [0.15, 0.2) is 0 Å². The van der Waals surface area contributed by atoms with E-state index in [0.717, 1.165) is 24.9 Å². The number of hydrogen-bond donors (Lipinski definition) is 2. The fourth-order valence-corrected chi connectivity index (χ4v) is 2.07. The van der Waals surface area contributed by atoms with Crippen LogP contribution in [0.5, 0.6) is 0 Å². The van der Waals surface area contributed by atoms with Crippen LogP contribution < -0.4 is 10.6 Å². The highest BCUT2D eigenvalue weighted by Gasteiger charge is 2.08. The monoisotopic (exact) mass is 278 g/mol. The maximum atomic E-state index is 11.9. The lowest BCUT2D eigenvalue weighted by Crippen LogP contribution is -2.37. The second kappa shape index (κ2) is 9.37. The van der Waals surface area contributed by atoms with Crippen molar-refractivity contribution >= 4 is 11.6 Å². The van der Waals surface area contributed by atoms with Crippen LogP contribution in [0.4, 0.5) is 5.69 Å². The first-order chi connectivity index (χ1) is 9.71. The average Bonchev–Trinajstić information content (AvgIpc) is 2.49. The van der Waals surface area contributed by atoms with E-state index in [1.54, 1.807) is 7.11 Å². The SMILES string of the molecule is CCC(CC)NC(=O)CNc1ccccc1CCOC. The number of carbonyl (C=O) groups excluding carboxylic acids is 1. The number of methoxy groups -OCH3 is 1. The third-order valence-electron chi connectivity index (χ3n) is 3.38. The number of nitrogens with one attached hydrogen (secondary N) is 2. The Bertz CT molecular complexity index is 403. The van der Waals surface area contributed by atoms with Gasteiger partial charge in [-0.25, -0.2) is 0 Å². The molecule has 1 amide bonds. The number of carbonyl (C=O) groups is 1. The molecule has 0 heterocycles. The van der Waals surface area contributed by atoms with Crippen molar-refractivity contribution in [2.24, 2.45) is 0 Å². The number of ether oxygens (including phenoxy) is 1. The summed E-state index contributed by atoms with van der Waals surface area (Å²) in [7, 11) is 1.69. The van der Waals surface area contributed by atoms with Gasteiger partial charge in [-0.2, -0.15) is 0 Å². The number of rotatable bonds is 9. The Labute approximate surface area is 121 Å². The van der Waals surface area contributed by atoms with E-state index in [1.165, 1.54) is 5.56 Å². The zero-order valence-corrected chi connectivity index (χ0v) is 12.7. The molecule has 4 nitrogen and oxygen atoms in total. The molecule has 20 heavy (non-hydrogen) atoms. The molecule has 2 N–H and O–H groups in total. The van der Waals surface area contributed by atoms with Crippen molar-refractivity contribution in [3.05, 3.63) is 29.8 Å². The number of amides is 1. The minimum atomic E-state index is 0.0419. The molecule has 1 rings (SSSR count). The van der Waals surface area contributed by atoms with Crippen LogP contribution in [0.15, 0.2) is 24.3 Å². The quantitative estimate of drug-likeness (QED) is 0.730. The summed E-state index contributed by atoms with van der Waals surface area (Å²) in [6.07, 6.45) is 2.77. The molecule has 0 radical (unpaired) electrons. The van der Waals surface area contributed by atoms with Gasteiger partial charge in [-0.1, -0.05) is 32.0 Å². The first-order valence-electron chi connectivity index (χ1n) is 7.31. The molecule has 0 atom stereocenters. The first-order valence-corrected chi connectivity index (χ1v) is 7.31. The van der Waals surface area contributed by atoms with E-state index in [1.807, 2.05) is 18.2 Å². The molecule has 0 fully saturated rings. The molecule has 0 aromatic heterocycles. The Morgan fingerprint density at radius 1 is 1.25 bits per heavy atom. The fraction of sp³-hybridized carbons (Fsp3) is 0.562. The lowest BCUT2D eigenvalue weighted by molar-refractivity contribution is -0.120. The van der Waals surface area contributed by atoms with Crippen LogP contribution in [0.2, 0.25) is 0 Å². The molecule has 0 aliphatic heterocycles. The van der Waals surface area contributed by atoms with Crippen LogP contribution in [0, 0.1) is 0 Å². The molecule has 1 aromatic rings. The van der Waals surface area contributed by atoms with Crippen LogP contribution in [0.25, 0.3) is 0 Å². The molecular weight excluding hydrogens is 252 g/mol. The van der Waals surface area contributed by atoms with E-state index in [0.29, 0.717) is 13.2 Å². The van der Waals surface area contributed by atoms with Crippen molar-refractivity contribution in [2.75, 3.05) is 25.6 Å². The zero-order chi connectivity index (χ0) is 14.8. The summed E-state index contributed by atoms with van der Waals surface area (Å²) >= 11 is 0. The standard InChI is InChI=1S/C16H26N2O2/c1-4-14(5-2)18-16(19)12-17-15-9-7-6-8-13(15)10-11-20-3/h6-9,14,17H,4-5,10-12H2,1-3H3,(H,18,19). The van der Waals surface area contributed by atoms with Crippen LogP contribution in [0.1, 0.15) is 32.3 Å². The lowest BCUT2D eigenvalue weighted by Gasteiger charge is -2.16. The van der Waals surface area contributed by atoms with Gasteiger partial charge in [-0.05, 0) is 30.9 Å². The summed E-state index contributed by atoms with van der Waals surface area (Å²) in [5.41, 5.74) is 2.17. The first kappa shape index (κ1) is 16.5. The van der Waals surface area contributed by atoms with Crippen LogP contribution in [-0.2, 0) is 16.0 Å². The Morgan fingerprint density at radius 2 is 1.95 bits per heavy atom. The van der Waals surface area contributed by atoms with Crippen molar-refractivity contribution in [3.63, 3.8) is 0 Å². The molecule has 0 aliphatic carbocycles. The molecule has 112 valence electrons.